The molecule has 0 aliphatic heterocycles. The molecule has 1 aromatic carbocycles. The summed E-state index contributed by atoms with van der Waals surface area (Å²) < 4.78 is 81.6. The molecule has 0 N–H and O–H groups in total. The largest absolute Gasteiger partial charge is 0.493 e. The van der Waals surface area contributed by atoms with Crippen LogP contribution >= 0.6 is 0 Å². The Kier molecular flexibility index (Phi) is 4.91. The van der Waals surface area contributed by atoms with E-state index in [0.29, 0.717) is 15.8 Å². The van der Waals surface area contributed by atoms with E-state index in [4.69, 9.17) is 9.15 Å². The number of fused-ring (bicyclic) bond motifs is 1. The number of alkyl halides is 5. The summed E-state index contributed by atoms with van der Waals surface area (Å²) in [6.45, 7) is -3.04. The number of nitrogens with zero attached hydrogens (tertiary/aromatic N) is 5. The molecule has 1 saturated carbocycles. The summed E-state index contributed by atoms with van der Waals surface area (Å²) in [6, 6.07) is 5.02. The van der Waals surface area contributed by atoms with Crippen LogP contribution in [0.2, 0.25) is 0 Å². The van der Waals surface area contributed by atoms with Crippen molar-refractivity contribution < 1.29 is 35.8 Å². The fourth-order valence-electron chi connectivity index (χ4n) is 3.37. The van der Waals surface area contributed by atoms with Crippen molar-refractivity contribution in [1.29, 1.82) is 0 Å². The Hall–Kier alpha value is -3.77. The molecular formula is C20H14F5N5O3. The highest BCUT2D eigenvalue weighted by Crippen LogP contribution is 2.42. The van der Waals surface area contributed by atoms with Crippen LogP contribution in [-0.2, 0) is 6.18 Å². The molecule has 13 heteroatoms. The van der Waals surface area contributed by atoms with Crippen LogP contribution in [0.5, 0.6) is 11.5 Å². The molecule has 3 heterocycles. The lowest BCUT2D eigenvalue weighted by Gasteiger charge is -2.10. The second kappa shape index (κ2) is 7.67. The third kappa shape index (κ3) is 3.94. The van der Waals surface area contributed by atoms with Gasteiger partial charge in [0.1, 0.15) is 11.3 Å². The highest BCUT2D eigenvalue weighted by Gasteiger charge is 2.38. The van der Waals surface area contributed by atoms with Crippen molar-refractivity contribution in [2.75, 3.05) is 7.11 Å². The minimum absolute atomic E-state index is 0.00842. The van der Waals surface area contributed by atoms with Gasteiger partial charge < -0.3 is 13.9 Å². The predicted molar refractivity (Wildman–Crippen MR) is 102 cm³/mol. The number of hydrogen-bond acceptors (Lipinski definition) is 7. The number of halogens is 5. The molecule has 0 atom stereocenters. The number of methoxy groups -OCH3 is 1. The molecule has 0 unspecified atom stereocenters. The van der Waals surface area contributed by atoms with Crippen molar-refractivity contribution in [3.63, 3.8) is 0 Å². The molecule has 3 aromatic heterocycles. The summed E-state index contributed by atoms with van der Waals surface area (Å²) in [5.41, 5.74) is -0.215. The van der Waals surface area contributed by atoms with Crippen LogP contribution in [0.25, 0.3) is 28.6 Å². The fourth-order valence-corrected chi connectivity index (χ4v) is 3.37. The molecule has 1 fully saturated rings. The van der Waals surface area contributed by atoms with Gasteiger partial charge in [-0.15, -0.1) is 10.2 Å². The van der Waals surface area contributed by atoms with Gasteiger partial charge in [-0.25, -0.2) is 9.50 Å². The van der Waals surface area contributed by atoms with Crippen LogP contribution in [0.3, 0.4) is 0 Å². The Morgan fingerprint density at radius 3 is 2.52 bits per heavy atom. The molecular weight excluding hydrogens is 453 g/mol. The highest BCUT2D eigenvalue weighted by atomic mass is 19.4. The normalized spacial score (nSPS) is 14.3. The third-order valence-electron chi connectivity index (χ3n) is 5.06. The minimum atomic E-state index is -4.63. The quantitative estimate of drug-likeness (QED) is 0.371. The smallest absolute Gasteiger partial charge is 0.433 e. The van der Waals surface area contributed by atoms with Gasteiger partial charge in [0.2, 0.25) is 5.89 Å². The van der Waals surface area contributed by atoms with E-state index >= 15 is 0 Å². The molecule has 33 heavy (non-hydrogen) atoms. The van der Waals surface area contributed by atoms with Crippen LogP contribution in [-0.4, -0.2) is 38.5 Å². The second-order valence-corrected chi connectivity index (χ2v) is 7.29. The average Bonchev–Trinajstić information content (AvgIpc) is 3.35. The topological polar surface area (TPSA) is 87.6 Å². The monoisotopic (exact) mass is 467 g/mol. The van der Waals surface area contributed by atoms with Crippen LogP contribution in [0.1, 0.15) is 30.1 Å². The van der Waals surface area contributed by atoms with Gasteiger partial charge in [-0.2, -0.15) is 27.1 Å². The lowest BCUT2D eigenvalue weighted by molar-refractivity contribution is -0.142. The summed E-state index contributed by atoms with van der Waals surface area (Å²) in [7, 11) is 1.27. The number of aromatic nitrogens is 5. The third-order valence-corrected chi connectivity index (χ3v) is 5.06. The van der Waals surface area contributed by atoms with Gasteiger partial charge in [0.25, 0.3) is 5.89 Å². The predicted octanol–water partition coefficient (Wildman–Crippen LogP) is 4.95. The Labute approximate surface area is 182 Å². The van der Waals surface area contributed by atoms with Crippen molar-refractivity contribution in [3.05, 3.63) is 41.9 Å². The van der Waals surface area contributed by atoms with Crippen LogP contribution in [0.4, 0.5) is 22.0 Å². The van der Waals surface area contributed by atoms with E-state index < -0.39 is 18.5 Å². The second-order valence-electron chi connectivity index (χ2n) is 7.29. The standard InChI is InChI=1S/C20H14F5N5O3/c1-31-14-6-10(4-5-13(14)32-19(21)22)17-28-29-18(33-17)11-8-26-30-15(20(23,24)25)7-12(9-2-3-9)27-16(11)30/h4-9,19H,2-3H2,1H3. The summed E-state index contributed by atoms with van der Waals surface area (Å²) in [5, 5.41) is 11.6. The van der Waals surface area contributed by atoms with E-state index in [0.717, 1.165) is 18.9 Å². The first kappa shape index (κ1) is 21.1. The maximum atomic E-state index is 13.6. The van der Waals surface area contributed by atoms with Crippen molar-refractivity contribution in [3.8, 4) is 34.4 Å². The Balaban J connectivity index is 1.55. The van der Waals surface area contributed by atoms with Crippen LogP contribution in [0, 0.1) is 0 Å². The van der Waals surface area contributed by atoms with E-state index in [1.54, 1.807) is 0 Å². The molecule has 0 spiro atoms. The zero-order valence-electron chi connectivity index (χ0n) is 16.8. The minimum Gasteiger partial charge on any atom is -0.493 e. The molecule has 0 bridgehead atoms. The van der Waals surface area contributed by atoms with Crippen LogP contribution < -0.4 is 9.47 Å². The van der Waals surface area contributed by atoms with E-state index in [2.05, 4.69) is 25.0 Å². The van der Waals surface area contributed by atoms with Gasteiger partial charge in [-0.1, -0.05) is 0 Å². The zero-order valence-corrected chi connectivity index (χ0v) is 16.8. The Morgan fingerprint density at radius 2 is 1.85 bits per heavy atom. The van der Waals surface area contributed by atoms with Crippen molar-refractivity contribution in [2.45, 2.75) is 31.5 Å². The Morgan fingerprint density at radius 1 is 1.09 bits per heavy atom. The van der Waals surface area contributed by atoms with Gasteiger partial charge >= 0.3 is 12.8 Å². The summed E-state index contributed by atoms with van der Waals surface area (Å²) in [6.07, 6.45) is -1.93. The van der Waals surface area contributed by atoms with Gasteiger partial charge in [0.05, 0.1) is 13.3 Å². The molecule has 5 rings (SSSR count). The summed E-state index contributed by atoms with van der Waals surface area (Å²) in [5.74, 6) is -0.316. The lowest BCUT2D eigenvalue weighted by Crippen LogP contribution is -2.14. The number of rotatable bonds is 6. The van der Waals surface area contributed by atoms with E-state index in [1.807, 2.05) is 0 Å². The molecule has 0 saturated heterocycles. The SMILES string of the molecule is COc1cc(-c2nnc(-c3cnn4c(C(F)(F)F)cc(C5CC5)nc34)o2)ccc1OC(F)F. The van der Waals surface area contributed by atoms with Gasteiger partial charge in [-0.3, -0.25) is 0 Å². The van der Waals surface area contributed by atoms with Gasteiger partial charge in [0.15, 0.2) is 17.1 Å². The Bertz CT molecular complexity index is 1330. The van der Waals surface area contributed by atoms with Crippen LogP contribution in [0.15, 0.2) is 34.9 Å². The molecule has 0 radical (unpaired) electrons. The molecule has 8 nitrogen and oxygen atoms in total. The maximum Gasteiger partial charge on any atom is 0.433 e. The summed E-state index contributed by atoms with van der Waals surface area (Å²) in [4.78, 5) is 4.36. The average molecular weight is 467 g/mol. The lowest BCUT2D eigenvalue weighted by atomic mass is 10.2. The highest BCUT2D eigenvalue weighted by molar-refractivity contribution is 5.72. The number of benzene rings is 1. The van der Waals surface area contributed by atoms with Gasteiger partial charge in [-0.05, 0) is 37.1 Å². The number of hydrogen-bond donors (Lipinski definition) is 0. The molecule has 1 aliphatic carbocycles. The molecule has 1 aliphatic rings. The van der Waals surface area contributed by atoms with Crippen molar-refractivity contribution in [2.24, 2.45) is 0 Å². The number of ether oxygens (including phenoxy) is 2. The first-order valence-corrected chi connectivity index (χ1v) is 9.67. The maximum absolute atomic E-state index is 13.6. The van der Waals surface area contributed by atoms with E-state index in [-0.39, 0.29) is 40.4 Å². The zero-order chi connectivity index (χ0) is 23.3. The van der Waals surface area contributed by atoms with E-state index in [1.165, 1.54) is 31.5 Å². The summed E-state index contributed by atoms with van der Waals surface area (Å²) >= 11 is 0. The fraction of sp³-hybridized carbons (Fsp3) is 0.300. The molecule has 172 valence electrons. The van der Waals surface area contributed by atoms with Crippen molar-refractivity contribution >= 4 is 5.65 Å². The van der Waals surface area contributed by atoms with Gasteiger partial charge in [0, 0.05) is 17.2 Å². The van der Waals surface area contributed by atoms with E-state index in [9.17, 15) is 22.0 Å². The first-order chi connectivity index (χ1) is 15.7. The first-order valence-electron chi connectivity index (χ1n) is 9.67. The molecule has 0 amide bonds. The molecule has 4 aromatic rings. The van der Waals surface area contributed by atoms with Crippen molar-refractivity contribution in [1.82, 2.24) is 24.8 Å².